The molecule has 254 valence electrons. The van der Waals surface area contributed by atoms with Gasteiger partial charge in [0.2, 0.25) is 5.28 Å². The molecule has 0 unspecified atom stereocenters. The van der Waals surface area contributed by atoms with Crippen LogP contribution in [0.15, 0.2) is 182 Å². The number of fused-ring (bicyclic) bond motifs is 4. The van der Waals surface area contributed by atoms with Gasteiger partial charge in [-0.3, -0.25) is 0 Å². The van der Waals surface area contributed by atoms with Gasteiger partial charge in [-0.05, 0) is 97.2 Å². The van der Waals surface area contributed by atoms with Crippen LogP contribution in [0.4, 0.5) is 0 Å². The van der Waals surface area contributed by atoms with Crippen molar-refractivity contribution in [2.45, 2.75) is 0 Å². The van der Waals surface area contributed by atoms with Crippen LogP contribution in [0.5, 0.6) is 0 Å². The van der Waals surface area contributed by atoms with E-state index in [4.69, 9.17) is 23.4 Å². The van der Waals surface area contributed by atoms with E-state index in [2.05, 4.69) is 94.9 Å². The Morgan fingerprint density at radius 2 is 1.11 bits per heavy atom. The van der Waals surface area contributed by atoms with Gasteiger partial charge in [-0.2, -0.15) is 9.97 Å². The molecule has 0 aliphatic rings. The Balaban J connectivity index is 1.11. The van der Waals surface area contributed by atoms with Crippen LogP contribution >= 0.6 is 22.9 Å². The first kappa shape index (κ1) is 27.2. The highest BCUT2D eigenvalue weighted by atomic mass is 35.5. The third-order valence-corrected chi connectivity index (χ3v) is 11.0. The molecule has 0 spiro atoms. The summed E-state index contributed by atoms with van der Waals surface area (Å²) < 4.78 is 44.7. The zero-order valence-electron chi connectivity index (χ0n) is 33.6. The Labute approximate surface area is 328 Å². The summed E-state index contributed by atoms with van der Waals surface area (Å²) in [5.74, 6) is 0.671. The molecule has 54 heavy (non-hydrogen) atoms. The van der Waals surface area contributed by atoms with Crippen LogP contribution in [0, 0.1) is 0 Å². The average Bonchev–Trinajstić information content (AvgIpc) is 3.66. The lowest BCUT2D eigenvalue weighted by molar-refractivity contribution is 1.07. The fourth-order valence-corrected chi connectivity index (χ4v) is 8.62. The number of aromatic nitrogens is 3. The molecule has 0 amide bonds. The fourth-order valence-electron chi connectivity index (χ4n) is 7.28. The van der Waals surface area contributed by atoms with E-state index in [9.17, 15) is 0 Å². The Morgan fingerprint density at radius 1 is 0.444 bits per heavy atom. The van der Waals surface area contributed by atoms with Gasteiger partial charge in [-0.25, -0.2) is 4.98 Å². The molecule has 0 saturated heterocycles. The molecule has 0 radical (unpaired) electrons. The molecule has 2 heterocycles. The number of hydrogen-bond donors (Lipinski definition) is 0. The smallest absolute Gasteiger partial charge is 0.208 e. The van der Waals surface area contributed by atoms with Gasteiger partial charge in [0.1, 0.15) is 0 Å². The van der Waals surface area contributed by atoms with E-state index in [1.807, 2.05) is 60.7 Å². The van der Waals surface area contributed by atoms with Gasteiger partial charge in [0, 0.05) is 31.3 Å². The lowest BCUT2D eigenvalue weighted by Crippen LogP contribution is -1.98. The van der Waals surface area contributed by atoms with E-state index in [-0.39, 0.29) is 22.9 Å². The van der Waals surface area contributed by atoms with Crippen molar-refractivity contribution in [3.63, 3.8) is 0 Å². The molecule has 0 aliphatic carbocycles. The number of benzene rings is 8. The van der Waals surface area contributed by atoms with E-state index in [1.165, 1.54) is 5.56 Å². The van der Waals surface area contributed by atoms with Gasteiger partial charge in [0.15, 0.2) is 11.6 Å². The molecular weight excluding hydrogens is 698 g/mol. The maximum absolute atomic E-state index is 8.87. The Bertz CT molecular complexity index is 3270. The minimum atomic E-state index is -0.445. The fraction of sp³-hybridized carbons (Fsp3) is 0. The molecule has 0 saturated carbocycles. The summed E-state index contributed by atoms with van der Waals surface area (Å²) in [7, 11) is 0. The third-order valence-electron chi connectivity index (χ3n) is 9.74. The molecule has 0 atom stereocenters. The highest BCUT2D eigenvalue weighted by molar-refractivity contribution is 7.26. The summed E-state index contributed by atoms with van der Waals surface area (Å²) in [6.45, 7) is 0. The lowest BCUT2D eigenvalue weighted by Gasteiger charge is -2.15. The maximum atomic E-state index is 8.87. The molecule has 5 heteroatoms. The lowest BCUT2D eigenvalue weighted by atomic mass is 9.88. The normalized spacial score (nSPS) is 12.7. The molecule has 0 N–H and O–H groups in total. The van der Waals surface area contributed by atoms with Crippen molar-refractivity contribution < 1.29 is 6.85 Å². The molecule has 10 rings (SSSR count). The van der Waals surface area contributed by atoms with Crippen LogP contribution in [0.25, 0.3) is 98.2 Å². The van der Waals surface area contributed by atoms with Gasteiger partial charge in [-0.1, -0.05) is 152 Å². The molecule has 10 aromatic rings. The van der Waals surface area contributed by atoms with Crippen LogP contribution in [-0.4, -0.2) is 15.0 Å². The second-order valence-corrected chi connectivity index (χ2v) is 14.4. The predicted octanol–water partition coefficient (Wildman–Crippen LogP) is 14.0. The second-order valence-electron chi connectivity index (χ2n) is 13.0. The molecular formula is C49H30ClN3S. The van der Waals surface area contributed by atoms with Crippen molar-refractivity contribution in [2.75, 3.05) is 0 Å². The minimum absolute atomic E-state index is 0.00264. The van der Waals surface area contributed by atoms with E-state index >= 15 is 0 Å². The van der Waals surface area contributed by atoms with Crippen molar-refractivity contribution >= 4 is 53.9 Å². The van der Waals surface area contributed by atoms with Gasteiger partial charge in [-0.15, -0.1) is 11.3 Å². The quantitative estimate of drug-likeness (QED) is 0.171. The largest absolute Gasteiger partial charge is 0.226 e. The van der Waals surface area contributed by atoms with Gasteiger partial charge in [0.05, 0.1) is 6.85 Å². The second kappa shape index (κ2) is 13.5. The molecule has 0 fully saturated rings. The third kappa shape index (κ3) is 5.82. The number of rotatable bonds is 6. The Hall–Kier alpha value is -6.46. The SMILES string of the molecule is [2H]c1c([2H])c([2H])c(-c2cc(-c3nc(Cl)nc(-c4cccc(-c5ccc6ccc(-c7ccccc7)c(-c7ccccc7)c6c5)c4)n3)cc3sc4ccccc4c23)c([2H])c1[2H]. The van der Waals surface area contributed by atoms with Crippen LogP contribution in [0.2, 0.25) is 5.28 Å². The van der Waals surface area contributed by atoms with Crippen LogP contribution in [0.3, 0.4) is 0 Å². The molecule has 3 nitrogen and oxygen atoms in total. The van der Waals surface area contributed by atoms with E-state index in [0.717, 1.165) is 64.3 Å². The number of hydrogen-bond acceptors (Lipinski definition) is 4. The minimum Gasteiger partial charge on any atom is -0.208 e. The highest BCUT2D eigenvalue weighted by Crippen LogP contribution is 2.43. The van der Waals surface area contributed by atoms with Gasteiger partial charge < -0.3 is 0 Å². The number of nitrogens with zero attached hydrogens (tertiary/aromatic N) is 3. The summed E-state index contributed by atoms with van der Waals surface area (Å²) in [4.78, 5) is 14.1. The summed E-state index contributed by atoms with van der Waals surface area (Å²) >= 11 is 8.22. The molecule has 2 aromatic heterocycles. The highest BCUT2D eigenvalue weighted by Gasteiger charge is 2.18. The van der Waals surface area contributed by atoms with Crippen molar-refractivity contribution in [1.29, 1.82) is 0 Å². The first-order chi connectivity index (χ1) is 28.7. The first-order valence-corrected chi connectivity index (χ1v) is 18.7. The monoisotopic (exact) mass is 732 g/mol. The number of halogens is 1. The zero-order chi connectivity index (χ0) is 40.4. The number of thiophene rings is 1. The van der Waals surface area contributed by atoms with Crippen molar-refractivity contribution in [1.82, 2.24) is 15.0 Å². The maximum Gasteiger partial charge on any atom is 0.226 e. The molecule has 0 bridgehead atoms. The van der Waals surface area contributed by atoms with Crippen LogP contribution < -0.4 is 0 Å². The summed E-state index contributed by atoms with van der Waals surface area (Å²) in [5, 5.41) is 3.99. The van der Waals surface area contributed by atoms with Crippen molar-refractivity contribution in [3.05, 3.63) is 187 Å². The average molecular weight is 733 g/mol. The Morgan fingerprint density at radius 3 is 1.93 bits per heavy atom. The van der Waals surface area contributed by atoms with Crippen molar-refractivity contribution in [2.24, 2.45) is 0 Å². The van der Waals surface area contributed by atoms with Gasteiger partial charge >= 0.3 is 0 Å². The molecule has 8 aromatic carbocycles. The zero-order valence-corrected chi connectivity index (χ0v) is 30.1. The first-order valence-electron chi connectivity index (χ1n) is 20.0. The van der Waals surface area contributed by atoms with Crippen molar-refractivity contribution in [3.8, 4) is 67.3 Å². The van der Waals surface area contributed by atoms with E-state index in [0.29, 0.717) is 22.8 Å². The van der Waals surface area contributed by atoms with Crippen LogP contribution in [-0.2, 0) is 0 Å². The standard InChI is InChI=1S/C49H30ClN3S/c50-49-52-47(51-48(53-49)38-29-42(32-15-6-2-7-16-32)46-40-21-10-11-22-43(40)54-44(46)30-38)37-20-12-19-35(27-37)36-24-23-33-25-26-39(31-13-4-1-5-14-31)45(41(33)28-36)34-17-8-3-9-18-34/h1-30H/i2D,6D,7D,15D,16D. The van der Waals surface area contributed by atoms with Crippen LogP contribution in [0.1, 0.15) is 6.85 Å². The Kier molecular flexibility index (Phi) is 6.80. The van der Waals surface area contributed by atoms with Gasteiger partial charge in [0.25, 0.3) is 0 Å². The van der Waals surface area contributed by atoms with E-state index < -0.39 is 18.1 Å². The molecule has 0 aliphatic heterocycles. The topological polar surface area (TPSA) is 38.7 Å². The van der Waals surface area contributed by atoms with E-state index in [1.54, 1.807) is 17.4 Å². The summed E-state index contributed by atoms with van der Waals surface area (Å²) in [6, 6.07) is 49.7. The predicted molar refractivity (Wildman–Crippen MR) is 228 cm³/mol. The summed E-state index contributed by atoms with van der Waals surface area (Å²) in [5.41, 5.74) is 8.53. The summed E-state index contributed by atoms with van der Waals surface area (Å²) in [6.07, 6.45) is 0.